The molecule has 0 bridgehead atoms. The van der Waals surface area contributed by atoms with Crippen molar-refractivity contribution >= 4 is 18.3 Å². The van der Waals surface area contributed by atoms with Crippen LogP contribution in [0.2, 0.25) is 0 Å². The molecule has 0 heterocycles. The van der Waals surface area contributed by atoms with Crippen LogP contribution < -0.4 is 4.90 Å². The molecule has 0 saturated heterocycles. The number of para-hydroxylation sites is 1. The summed E-state index contributed by atoms with van der Waals surface area (Å²) in [6, 6.07) is 9.15. The number of benzene rings is 1. The lowest BCUT2D eigenvalue weighted by molar-refractivity contribution is -0.107. The molecule has 4 heteroatoms. The van der Waals surface area contributed by atoms with Gasteiger partial charge in [0.25, 0.3) is 0 Å². The molecule has 0 aliphatic rings. The van der Waals surface area contributed by atoms with Crippen molar-refractivity contribution in [3.05, 3.63) is 30.3 Å². The minimum atomic E-state index is 0.268. The quantitative estimate of drug-likeness (QED) is 0.325. The van der Waals surface area contributed by atoms with Gasteiger partial charge in [-0.05, 0) is 12.1 Å². The molecule has 1 rings (SSSR count). The van der Waals surface area contributed by atoms with E-state index in [1.54, 1.807) is 12.1 Å². The van der Waals surface area contributed by atoms with E-state index in [2.05, 4.69) is 5.16 Å². The van der Waals surface area contributed by atoms with Crippen LogP contribution in [0.3, 0.4) is 0 Å². The van der Waals surface area contributed by atoms with Gasteiger partial charge in [0, 0.05) is 5.69 Å². The third-order valence-electron chi connectivity index (χ3n) is 1.58. The van der Waals surface area contributed by atoms with Gasteiger partial charge >= 0.3 is 0 Å². The number of hydrogen-bond donors (Lipinski definition) is 1. The number of carbonyl (C=O) groups excluding carboxylic acids is 1. The largest absolute Gasteiger partial charge is 0.411 e. The maximum Gasteiger partial charge on any atom is 0.214 e. The summed E-state index contributed by atoms with van der Waals surface area (Å²) in [5.41, 5.74) is 0.775. The highest BCUT2D eigenvalue weighted by Crippen LogP contribution is 2.09. The van der Waals surface area contributed by atoms with Crippen LogP contribution in [0, 0.1) is 0 Å². The van der Waals surface area contributed by atoms with Crippen molar-refractivity contribution in [2.45, 2.75) is 0 Å². The molecule has 1 N–H and O–H groups in total. The summed E-state index contributed by atoms with van der Waals surface area (Å²) in [6.07, 6.45) is 1.94. The highest BCUT2D eigenvalue weighted by atomic mass is 16.4. The Bertz CT molecular complexity index is 285. The van der Waals surface area contributed by atoms with Gasteiger partial charge in [-0.25, -0.2) is 0 Å². The summed E-state index contributed by atoms with van der Waals surface area (Å²) in [7, 11) is 0. The molecule has 4 nitrogen and oxygen atoms in total. The number of rotatable bonds is 4. The van der Waals surface area contributed by atoms with E-state index in [-0.39, 0.29) is 6.54 Å². The lowest BCUT2D eigenvalue weighted by atomic mass is 10.3. The molecule has 0 atom stereocenters. The molecule has 0 aliphatic carbocycles. The van der Waals surface area contributed by atoms with Crippen molar-refractivity contribution in [2.24, 2.45) is 5.16 Å². The summed E-state index contributed by atoms with van der Waals surface area (Å²) in [5.74, 6) is 0. The first-order chi connectivity index (χ1) is 6.38. The summed E-state index contributed by atoms with van der Waals surface area (Å²) >= 11 is 0. The summed E-state index contributed by atoms with van der Waals surface area (Å²) in [4.78, 5) is 12.0. The summed E-state index contributed by atoms with van der Waals surface area (Å²) in [5, 5.41) is 11.0. The topological polar surface area (TPSA) is 52.9 Å². The second-order valence-electron chi connectivity index (χ2n) is 2.39. The predicted octanol–water partition coefficient (Wildman–Crippen LogP) is 1.11. The number of hydrogen-bond acceptors (Lipinski definition) is 3. The van der Waals surface area contributed by atoms with Crippen LogP contribution in [0.25, 0.3) is 0 Å². The van der Waals surface area contributed by atoms with Crippen molar-refractivity contribution in [1.29, 1.82) is 0 Å². The second-order valence-corrected chi connectivity index (χ2v) is 2.39. The maximum atomic E-state index is 10.6. The van der Waals surface area contributed by atoms with E-state index in [0.29, 0.717) is 6.41 Å². The molecule has 68 valence electrons. The third kappa shape index (κ3) is 2.59. The highest BCUT2D eigenvalue weighted by molar-refractivity contribution is 5.81. The Labute approximate surface area is 76.1 Å². The highest BCUT2D eigenvalue weighted by Gasteiger charge is 2.00. The second kappa shape index (κ2) is 4.92. The van der Waals surface area contributed by atoms with Crippen LogP contribution in [0.1, 0.15) is 0 Å². The van der Waals surface area contributed by atoms with Gasteiger partial charge in [-0.3, -0.25) is 4.79 Å². The summed E-state index contributed by atoms with van der Waals surface area (Å²) < 4.78 is 0. The molecular weight excluding hydrogens is 168 g/mol. The zero-order valence-electron chi connectivity index (χ0n) is 7.00. The van der Waals surface area contributed by atoms with Crippen molar-refractivity contribution in [3.8, 4) is 0 Å². The lowest BCUT2D eigenvalue weighted by Gasteiger charge is -2.13. The van der Waals surface area contributed by atoms with Gasteiger partial charge in [-0.2, -0.15) is 0 Å². The number of anilines is 1. The number of carbonyl (C=O) groups is 1. The van der Waals surface area contributed by atoms with Crippen molar-refractivity contribution in [1.82, 2.24) is 0 Å². The zero-order valence-corrected chi connectivity index (χ0v) is 7.00. The minimum Gasteiger partial charge on any atom is -0.411 e. The average Bonchev–Trinajstić information content (AvgIpc) is 2.21. The van der Waals surface area contributed by atoms with Gasteiger partial charge in [-0.15, -0.1) is 5.16 Å². The number of oxime groups is 1. The molecule has 0 saturated carbocycles. The Balaban J connectivity index is 2.72. The number of nitrogens with zero attached hydrogens (tertiary/aromatic N) is 2. The molecule has 1 aromatic rings. The molecule has 0 fully saturated rings. The van der Waals surface area contributed by atoms with Crippen LogP contribution in [-0.4, -0.2) is 24.4 Å². The molecular formula is C9H10N2O2. The SMILES string of the molecule is O=CN(CC=NO)c1ccccc1. The standard InChI is InChI=1S/C9H10N2O2/c12-8-11(7-6-10-13)9-4-2-1-3-5-9/h1-6,8,13H,7H2. The van der Waals surface area contributed by atoms with Crippen molar-refractivity contribution in [2.75, 3.05) is 11.4 Å². The number of amides is 1. The van der Waals surface area contributed by atoms with E-state index in [4.69, 9.17) is 5.21 Å². The van der Waals surface area contributed by atoms with E-state index < -0.39 is 0 Å². The van der Waals surface area contributed by atoms with Crippen LogP contribution in [-0.2, 0) is 4.79 Å². The summed E-state index contributed by atoms with van der Waals surface area (Å²) in [6.45, 7) is 0.268. The van der Waals surface area contributed by atoms with E-state index in [1.807, 2.05) is 18.2 Å². The average molecular weight is 178 g/mol. The van der Waals surface area contributed by atoms with Gasteiger partial charge in [0.2, 0.25) is 6.41 Å². The van der Waals surface area contributed by atoms with Crippen LogP contribution in [0.4, 0.5) is 5.69 Å². The van der Waals surface area contributed by atoms with E-state index in [0.717, 1.165) is 5.69 Å². The van der Waals surface area contributed by atoms with Gasteiger partial charge in [0.15, 0.2) is 0 Å². The monoisotopic (exact) mass is 178 g/mol. The first-order valence-electron chi connectivity index (χ1n) is 3.81. The molecule has 0 radical (unpaired) electrons. The molecule has 1 amide bonds. The minimum absolute atomic E-state index is 0.268. The fourth-order valence-electron chi connectivity index (χ4n) is 0.953. The predicted molar refractivity (Wildman–Crippen MR) is 50.1 cm³/mol. The van der Waals surface area contributed by atoms with Gasteiger partial charge in [0.1, 0.15) is 0 Å². The molecule has 1 aromatic carbocycles. The Kier molecular flexibility index (Phi) is 3.50. The van der Waals surface area contributed by atoms with Crippen LogP contribution >= 0.6 is 0 Å². The smallest absolute Gasteiger partial charge is 0.214 e. The first kappa shape index (κ1) is 9.25. The molecule has 0 unspecified atom stereocenters. The van der Waals surface area contributed by atoms with E-state index >= 15 is 0 Å². The Hall–Kier alpha value is -1.84. The molecule has 0 spiro atoms. The zero-order chi connectivity index (χ0) is 9.52. The fraction of sp³-hybridized carbons (Fsp3) is 0.111. The van der Waals surface area contributed by atoms with Gasteiger partial charge in [0.05, 0.1) is 12.8 Å². The Morgan fingerprint density at radius 2 is 2.08 bits per heavy atom. The van der Waals surface area contributed by atoms with Crippen molar-refractivity contribution < 1.29 is 10.0 Å². The maximum absolute atomic E-state index is 10.6. The van der Waals surface area contributed by atoms with Crippen LogP contribution in [0.15, 0.2) is 35.5 Å². The first-order valence-corrected chi connectivity index (χ1v) is 3.81. The Morgan fingerprint density at radius 1 is 1.38 bits per heavy atom. The molecule has 0 aromatic heterocycles. The Morgan fingerprint density at radius 3 is 2.62 bits per heavy atom. The normalized spacial score (nSPS) is 10.2. The van der Waals surface area contributed by atoms with Gasteiger partial charge in [-0.1, -0.05) is 18.2 Å². The molecule has 0 aliphatic heterocycles. The van der Waals surface area contributed by atoms with E-state index in [9.17, 15) is 4.79 Å². The van der Waals surface area contributed by atoms with Crippen molar-refractivity contribution in [3.63, 3.8) is 0 Å². The lowest BCUT2D eigenvalue weighted by Crippen LogP contribution is -2.22. The van der Waals surface area contributed by atoms with E-state index in [1.165, 1.54) is 11.1 Å². The third-order valence-corrected chi connectivity index (χ3v) is 1.58. The van der Waals surface area contributed by atoms with Crippen LogP contribution in [0.5, 0.6) is 0 Å². The molecule has 13 heavy (non-hydrogen) atoms. The van der Waals surface area contributed by atoms with Gasteiger partial charge < -0.3 is 10.1 Å². The fourth-order valence-corrected chi connectivity index (χ4v) is 0.953.